The van der Waals surface area contributed by atoms with Gasteiger partial charge < -0.3 is 30.0 Å². The highest BCUT2D eigenvalue weighted by Crippen LogP contribution is 2.21. The van der Waals surface area contributed by atoms with Crippen LogP contribution in [0.15, 0.2) is 29.1 Å². The van der Waals surface area contributed by atoms with Crippen molar-refractivity contribution in [1.82, 2.24) is 34.2 Å². The molecule has 14 heteroatoms. The summed E-state index contributed by atoms with van der Waals surface area (Å²) in [6.07, 6.45) is 4.10. The molecule has 1 unspecified atom stereocenters. The summed E-state index contributed by atoms with van der Waals surface area (Å²) in [6, 6.07) is 7.65. The lowest BCUT2D eigenvalue weighted by Gasteiger charge is -2.35. The zero-order valence-electron chi connectivity index (χ0n) is 28.7. The van der Waals surface area contributed by atoms with Crippen LogP contribution in [-0.2, 0) is 38.6 Å². The number of benzene rings is 1. The number of fused-ring (bicyclic) bond motifs is 1. The maximum absolute atomic E-state index is 13.9. The number of aryl methyl sites for hydroxylation is 1. The number of hydrogen-bond acceptors (Lipinski definition) is 10. The van der Waals surface area contributed by atoms with Crippen molar-refractivity contribution in [3.63, 3.8) is 0 Å². The standard InChI is InChI=1S/C34H50N8O6/c1-5-8-19-48-33-37-30(35)29-31(38-33)42(34(46)36-29)18-10-17-41(21-25-14-12-24(13-15-25)20-28(44)47-4)27(43)23-39-16-9-11-26(22-39)32(45)40(6-2)7-3/h12-15,26H,5-11,16-23H2,1-4H3,(H,36,46)(H2,35,37,38). The van der Waals surface area contributed by atoms with Crippen LogP contribution in [0.4, 0.5) is 5.82 Å². The number of piperidine rings is 1. The lowest BCUT2D eigenvalue weighted by Crippen LogP contribution is -2.48. The maximum atomic E-state index is 13.9. The SMILES string of the molecule is CCCCOc1nc(N)c2[nH]c(=O)n(CCCN(Cc3ccc(CC(=O)OC)cc3)C(=O)CN3CCCC(C(=O)N(CC)CC)C3)c2n1. The normalized spacial score (nSPS) is 15.0. The number of unbranched alkanes of at least 4 members (excludes halogenated alkanes) is 1. The van der Waals surface area contributed by atoms with Gasteiger partial charge in [0.05, 0.1) is 32.6 Å². The van der Waals surface area contributed by atoms with Gasteiger partial charge in [-0.2, -0.15) is 9.97 Å². The van der Waals surface area contributed by atoms with Crippen molar-refractivity contribution in [3.8, 4) is 6.01 Å². The number of rotatable bonds is 17. The van der Waals surface area contributed by atoms with E-state index in [4.69, 9.17) is 15.2 Å². The zero-order valence-corrected chi connectivity index (χ0v) is 28.7. The van der Waals surface area contributed by atoms with E-state index in [1.165, 1.54) is 11.7 Å². The van der Waals surface area contributed by atoms with Crippen molar-refractivity contribution in [2.45, 2.75) is 72.4 Å². The number of aromatic nitrogens is 4. The number of carbonyl (C=O) groups excluding carboxylic acids is 3. The van der Waals surface area contributed by atoms with E-state index in [0.717, 1.165) is 43.4 Å². The lowest BCUT2D eigenvalue weighted by atomic mass is 9.96. The van der Waals surface area contributed by atoms with Crippen LogP contribution < -0.4 is 16.2 Å². The molecule has 1 aliphatic heterocycles. The first kappa shape index (κ1) is 36.4. The molecule has 3 aromatic rings. The Bertz CT molecular complexity index is 1580. The van der Waals surface area contributed by atoms with Gasteiger partial charge in [-0.05, 0) is 57.2 Å². The van der Waals surface area contributed by atoms with Gasteiger partial charge in [-0.3, -0.25) is 23.9 Å². The number of amides is 2. The molecule has 0 aliphatic carbocycles. The average Bonchev–Trinajstić information content (AvgIpc) is 3.40. The molecule has 1 aromatic carbocycles. The van der Waals surface area contributed by atoms with Crippen molar-refractivity contribution in [2.75, 3.05) is 58.7 Å². The number of likely N-dealkylation sites (tertiary alicyclic amines) is 1. The van der Waals surface area contributed by atoms with Crippen molar-refractivity contribution in [2.24, 2.45) is 5.92 Å². The van der Waals surface area contributed by atoms with Crippen LogP contribution in [0.1, 0.15) is 64.0 Å². The van der Waals surface area contributed by atoms with Gasteiger partial charge in [0.25, 0.3) is 0 Å². The highest BCUT2D eigenvalue weighted by atomic mass is 16.5. The molecule has 0 radical (unpaired) electrons. The zero-order chi connectivity index (χ0) is 34.6. The molecular weight excluding hydrogens is 616 g/mol. The van der Waals surface area contributed by atoms with E-state index in [2.05, 4.69) is 26.8 Å². The van der Waals surface area contributed by atoms with Crippen molar-refractivity contribution < 1.29 is 23.9 Å². The van der Waals surface area contributed by atoms with Crippen LogP contribution in [0.3, 0.4) is 0 Å². The number of nitrogens with zero attached hydrogens (tertiary/aromatic N) is 6. The van der Waals surface area contributed by atoms with E-state index in [0.29, 0.717) is 56.9 Å². The number of anilines is 1. The van der Waals surface area contributed by atoms with Gasteiger partial charge >= 0.3 is 17.7 Å². The monoisotopic (exact) mass is 666 g/mol. The van der Waals surface area contributed by atoms with Crippen LogP contribution in [0.25, 0.3) is 11.2 Å². The van der Waals surface area contributed by atoms with Gasteiger partial charge in [-0.25, -0.2) is 4.79 Å². The second-order valence-electron chi connectivity index (χ2n) is 12.2. The summed E-state index contributed by atoms with van der Waals surface area (Å²) in [7, 11) is 1.36. The first-order valence-electron chi connectivity index (χ1n) is 17.0. The number of H-pyrrole nitrogens is 1. The minimum absolute atomic E-state index is 0.0611. The van der Waals surface area contributed by atoms with Crippen LogP contribution in [0, 0.1) is 5.92 Å². The Morgan fingerprint density at radius 1 is 1.04 bits per heavy atom. The number of carbonyl (C=O) groups is 3. The van der Waals surface area contributed by atoms with E-state index in [-0.39, 0.29) is 60.7 Å². The third kappa shape index (κ3) is 9.55. The lowest BCUT2D eigenvalue weighted by molar-refractivity contribution is -0.140. The minimum Gasteiger partial charge on any atom is -0.469 e. The summed E-state index contributed by atoms with van der Waals surface area (Å²) in [5.41, 5.74) is 8.18. The molecule has 4 rings (SSSR count). The molecule has 2 aromatic heterocycles. The molecule has 1 fully saturated rings. The van der Waals surface area contributed by atoms with Gasteiger partial charge in [-0.1, -0.05) is 37.6 Å². The predicted molar refractivity (Wildman–Crippen MR) is 182 cm³/mol. The molecule has 1 saturated heterocycles. The van der Waals surface area contributed by atoms with E-state index < -0.39 is 0 Å². The number of hydrogen-bond donors (Lipinski definition) is 2. The second-order valence-corrected chi connectivity index (χ2v) is 12.2. The van der Waals surface area contributed by atoms with E-state index >= 15 is 0 Å². The summed E-state index contributed by atoms with van der Waals surface area (Å²) in [5.74, 6) is -0.226. The Morgan fingerprint density at radius 2 is 1.77 bits per heavy atom. The second kappa shape index (κ2) is 17.6. The van der Waals surface area contributed by atoms with Crippen molar-refractivity contribution in [3.05, 3.63) is 45.9 Å². The molecule has 1 aliphatic rings. The number of ether oxygens (including phenoxy) is 2. The van der Waals surface area contributed by atoms with Crippen molar-refractivity contribution in [1.29, 1.82) is 0 Å². The highest BCUT2D eigenvalue weighted by Gasteiger charge is 2.30. The third-order valence-electron chi connectivity index (χ3n) is 8.78. The average molecular weight is 667 g/mol. The van der Waals surface area contributed by atoms with Crippen LogP contribution in [0.2, 0.25) is 0 Å². The van der Waals surface area contributed by atoms with Crippen LogP contribution in [0.5, 0.6) is 6.01 Å². The predicted octanol–water partition coefficient (Wildman–Crippen LogP) is 2.60. The van der Waals surface area contributed by atoms with Gasteiger partial charge in [0, 0.05) is 39.3 Å². The Hall–Kier alpha value is -4.46. The van der Waals surface area contributed by atoms with Gasteiger partial charge in [0.1, 0.15) is 5.52 Å². The summed E-state index contributed by atoms with van der Waals surface area (Å²) < 4.78 is 11.9. The van der Waals surface area contributed by atoms with E-state index in [1.807, 2.05) is 43.0 Å². The molecule has 2 amide bonds. The first-order valence-corrected chi connectivity index (χ1v) is 17.0. The number of methoxy groups -OCH3 is 1. The molecule has 14 nitrogen and oxygen atoms in total. The number of nitrogens with one attached hydrogen (secondary N) is 1. The highest BCUT2D eigenvalue weighted by molar-refractivity contribution is 5.82. The first-order chi connectivity index (χ1) is 23.2. The fraction of sp³-hybridized carbons (Fsp3) is 0.588. The number of nitrogen functional groups attached to an aromatic ring is 1. The van der Waals surface area contributed by atoms with Crippen LogP contribution >= 0.6 is 0 Å². The minimum atomic E-state index is -0.368. The molecule has 0 saturated carbocycles. The molecular formula is C34H50N8O6. The molecule has 3 N–H and O–H groups in total. The Balaban J connectivity index is 1.49. The summed E-state index contributed by atoms with van der Waals surface area (Å²) in [5, 5.41) is 0. The molecule has 0 spiro atoms. The molecule has 1 atom stereocenters. The van der Waals surface area contributed by atoms with Gasteiger partial charge in [-0.15, -0.1) is 0 Å². The van der Waals surface area contributed by atoms with Crippen LogP contribution in [-0.4, -0.2) is 105 Å². The van der Waals surface area contributed by atoms with Gasteiger partial charge in [0.15, 0.2) is 11.5 Å². The summed E-state index contributed by atoms with van der Waals surface area (Å²) >= 11 is 0. The largest absolute Gasteiger partial charge is 0.469 e. The number of imidazole rings is 1. The number of aromatic amines is 1. The third-order valence-corrected chi connectivity index (χ3v) is 8.78. The van der Waals surface area contributed by atoms with E-state index in [1.54, 1.807) is 4.90 Å². The topological polar surface area (TPSA) is 169 Å². The van der Waals surface area contributed by atoms with E-state index in [9.17, 15) is 19.2 Å². The maximum Gasteiger partial charge on any atom is 0.327 e. The number of esters is 1. The quantitative estimate of drug-likeness (QED) is 0.161. The molecule has 3 heterocycles. The fourth-order valence-electron chi connectivity index (χ4n) is 6.03. The molecule has 0 bridgehead atoms. The Labute approximate surface area is 281 Å². The Kier molecular flexibility index (Phi) is 13.4. The molecule has 262 valence electrons. The summed E-state index contributed by atoms with van der Waals surface area (Å²) in [6.45, 7) is 10.3. The fourth-order valence-corrected chi connectivity index (χ4v) is 6.03. The molecule has 48 heavy (non-hydrogen) atoms. The number of nitrogens with two attached hydrogens (primary N) is 1. The smallest absolute Gasteiger partial charge is 0.327 e. The summed E-state index contributed by atoms with van der Waals surface area (Å²) in [4.78, 5) is 68.7. The van der Waals surface area contributed by atoms with Crippen molar-refractivity contribution >= 4 is 34.8 Å². The Morgan fingerprint density at radius 3 is 2.46 bits per heavy atom. The van der Waals surface area contributed by atoms with Gasteiger partial charge in [0.2, 0.25) is 11.8 Å².